The van der Waals surface area contributed by atoms with E-state index in [1.54, 1.807) is 0 Å². The predicted molar refractivity (Wildman–Crippen MR) is 71.8 cm³/mol. The summed E-state index contributed by atoms with van der Waals surface area (Å²) in [4.78, 5) is 0. The summed E-state index contributed by atoms with van der Waals surface area (Å²) in [7, 11) is -0.289. The Hall–Kier alpha value is -0.880. The topological polar surface area (TPSA) is 26.3 Å². The molecule has 0 saturated carbocycles. The third kappa shape index (κ3) is 6.43. The Kier molecular flexibility index (Phi) is 7.66. The summed E-state index contributed by atoms with van der Waals surface area (Å²) in [6.07, 6.45) is 9.08. The van der Waals surface area contributed by atoms with Gasteiger partial charge in [0.1, 0.15) is 5.75 Å². The smallest absolute Gasteiger partial charge is 0.395 e. The molecule has 94 valence electrons. The number of hydrogen-bond acceptors (Lipinski definition) is 2. The molecule has 0 N–H and O–H groups in total. The minimum Gasteiger partial charge on any atom is -0.408 e. The fourth-order valence-corrected chi connectivity index (χ4v) is 2.08. The van der Waals surface area contributed by atoms with Gasteiger partial charge < -0.3 is 4.52 Å². The van der Waals surface area contributed by atoms with Crippen LogP contribution >= 0.6 is 8.69 Å². The van der Waals surface area contributed by atoms with E-state index in [-0.39, 0.29) is 8.69 Å². The van der Waals surface area contributed by atoms with Gasteiger partial charge in [-0.15, -0.1) is 0 Å². The van der Waals surface area contributed by atoms with Gasteiger partial charge in [0.25, 0.3) is 0 Å². The Morgan fingerprint density at radius 1 is 1.00 bits per heavy atom. The van der Waals surface area contributed by atoms with Crippen molar-refractivity contribution in [3.63, 3.8) is 0 Å². The molecular weight excluding hydrogens is 231 g/mol. The molecule has 0 saturated heterocycles. The summed E-state index contributed by atoms with van der Waals surface area (Å²) >= 11 is 0. The van der Waals surface area contributed by atoms with E-state index in [0.29, 0.717) is 5.75 Å². The van der Waals surface area contributed by atoms with Crippen molar-refractivity contribution in [2.24, 2.45) is 0 Å². The van der Waals surface area contributed by atoms with Gasteiger partial charge in [0.2, 0.25) is 0 Å². The van der Waals surface area contributed by atoms with Crippen molar-refractivity contribution in [1.82, 2.24) is 0 Å². The van der Waals surface area contributed by atoms with E-state index in [1.807, 2.05) is 24.3 Å². The fourth-order valence-electron chi connectivity index (χ4n) is 1.87. The van der Waals surface area contributed by atoms with Gasteiger partial charge in [-0.3, -0.25) is 0 Å². The zero-order valence-electron chi connectivity index (χ0n) is 10.5. The third-order valence-electron chi connectivity index (χ3n) is 2.89. The Bertz CT molecular complexity index is 309. The highest BCUT2D eigenvalue weighted by Gasteiger charge is 1.96. The van der Waals surface area contributed by atoms with Gasteiger partial charge in [0, 0.05) is 0 Å². The lowest BCUT2D eigenvalue weighted by atomic mass is 10.1. The van der Waals surface area contributed by atoms with E-state index < -0.39 is 0 Å². The van der Waals surface area contributed by atoms with Crippen LogP contribution in [-0.2, 0) is 11.0 Å². The largest absolute Gasteiger partial charge is 0.408 e. The van der Waals surface area contributed by atoms with Crippen molar-refractivity contribution < 1.29 is 9.09 Å². The van der Waals surface area contributed by atoms with Crippen molar-refractivity contribution in [1.29, 1.82) is 0 Å². The van der Waals surface area contributed by atoms with Gasteiger partial charge in [-0.1, -0.05) is 51.2 Å². The number of aryl methyl sites for hydroxylation is 1. The van der Waals surface area contributed by atoms with Crippen LogP contribution in [0.3, 0.4) is 0 Å². The zero-order valence-corrected chi connectivity index (χ0v) is 11.4. The first-order valence-electron chi connectivity index (χ1n) is 6.45. The SMILES string of the molecule is CCCCCCCCc1ccc(OP=O)cc1. The van der Waals surface area contributed by atoms with Gasteiger partial charge in [-0.05, 0) is 30.5 Å². The zero-order chi connectivity index (χ0) is 12.3. The summed E-state index contributed by atoms with van der Waals surface area (Å²) in [5.74, 6) is 0.661. The van der Waals surface area contributed by atoms with Crippen molar-refractivity contribution in [2.45, 2.75) is 51.9 Å². The predicted octanol–water partition coefficient (Wildman–Crippen LogP) is 5.18. The molecule has 0 aliphatic heterocycles. The van der Waals surface area contributed by atoms with Crippen LogP contribution in [0.2, 0.25) is 0 Å². The molecule has 0 radical (unpaired) electrons. The van der Waals surface area contributed by atoms with Gasteiger partial charge in [-0.25, -0.2) is 4.57 Å². The van der Waals surface area contributed by atoms with Crippen molar-refractivity contribution in [2.75, 3.05) is 0 Å². The molecule has 17 heavy (non-hydrogen) atoms. The fraction of sp³-hybridized carbons (Fsp3) is 0.571. The second kappa shape index (κ2) is 9.18. The van der Waals surface area contributed by atoms with Crippen molar-refractivity contribution in [3.05, 3.63) is 29.8 Å². The Balaban J connectivity index is 2.16. The first-order valence-corrected chi connectivity index (χ1v) is 7.18. The molecule has 0 unspecified atom stereocenters. The molecule has 0 fully saturated rings. The maximum Gasteiger partial charge on any atom is 0.395 e. The highest BCUT2D eigenvalue weighted by molar-refractivity contribution is 7.17. The Morgan fingerprint density at radius 3 is 2.29 bits per heavy atom. The van der Waals surface area contributed by atoms with Crippen LogP contribution < -0.4 is 4.52 Å². The van der Waals surface area contributed by atoms with Gasteiger partial charge in [-0.2, -0.15) is 0 Å². The number of unbranched alkanes of at least 4 members (excludes halogenated alkanes) is 5. The molecule has 0 aliphatic rings. The quantitative estimate of drug-likeness (QED) is 0.447. The lowest BCUT2D eigenvalue weighted by Gasteiger charge is -2.03. The second-order valence-corrected chi connectivity index (χ2v) is 4.66. The van der Waals surface area contributed by atoms with Gasteiger partial charge in [0.05, 0.1) is 0 Å². The van der Waals surface area contributed by atoms with Crippen LogP contribution in [-0.4, -0.2) is 0 Å². The summed E-state index contributed by atoms with van der Waals surface area (Å²) < 4.78 is 15.1. The van der Waals surface area contributed by atoms with Crippen LogP contribution in [0.15, 0.2) is 24.3 Å². The highest BCUT2D eigenvalue weighted by Crippen LogP contribution is 2.17. The van der Waals surface area contributed by atoms with Gasteiger partial charge in [0.15, 0.2) is 0 Å². The maximum absolute atomic E-state index is 10.2. The minimum absolute atomic E-state index is 0.289. The minimum atomic E-state index is -0.289. The van der Waals surface area contributed by atoms with Crippen LogP contribution in [0.25, 0.3) is 0 Å². The van der Waals surface area contributed by atoms with Crippen LogP contribution in [0.5, 0.6) is 5.75 Å². The molecule has 3 heteroatoms. The van der Waals surface area contributed by atoms with E-state index in [2.05, 4.69) is 6.92 Å². The standard InChI is InChI=1S/C14H21O2P/c1-2-3-4-5-6-7-8-13-9-11-14(12-10-13)16-17-15/h9-12H,2-8H2,1H3. The molecule has 0 heterocycles. The summed E-state index contributed by atoms with van der Waals surface area (Å²) in [5.41, 5.74) is 1.33. The molecule has 1 aromatic carbocycles. The molecule has 0 amide bonds. The van der Waals surface area contributed by atoms with E-state index in [9.17, 15) is 4.57 Å². The normalized spacial score (nSPS) is 10.6. The van der Waals surface area contributed by atoms with Crippen LogP contribution in [0, 0.1) is 0 Å². The Labute approximate surface area is 106 Å². The molecule has 0 aliphatic carbocycles. The molecule has 1 rings (SSSR count). The molecule has 0 spiro atoms. The van der Waals surface area contributed by atoms with Crippen LogP contribution in [0.1, 0.15) is 51.0 Å². The van der Waals surface area contributed by atoms with E-state index in [1.165, 1.54) is 44.1 Å². The average Bonchev–Trinajstić information content (AvgIpc) is 2.36. The molecule has 0 aromatic heterocycles. The summed E-state index contributed by atoms with van der Waals surface area (Å²) in [6.45, 7) is 2.24. The number of benzene rings is 1. The van der Waals surface area contributed by atoms with E-state index >= 15 is 0 Å². The van der Waals surface area contributed by atoms with E-state index in [0.717, 1.165) is 6.42 Å². The molecule has 1 aromatic rings. The molecule has 0 atom stereocenters. The lowest BCUT2D eigenvalue weighted by molar-refractivity contribution is 0.525. The molecule has 0 bridgehead atoms. The van der Waals surface area contributed by atoms with Crippen LogP contribution in [0.4, 0.5) is 0 Å². The monoisotopic (exact) mass is 252 g/mol. The maximum atomic E-state index is 10.2. The number of rotatable bonds is 9. The van der Waals surface area contributed by atoms with Gasteiger partial charge >= 0.3 is 8.69 Å². The second-order valence-electron chi connectivity index (χ2n) is 4.33. The first kappa shape index (κ1) is 14.2. The summed E-state index contributed by atoms with van der Waals surface area (Å²) in [6, 6.07) is 7.84. The third-order valence-corrected chi connectivity index (χ3v) is 3.17. The van der Waals surface area contributed by atoms with Crippen molar-refractivity contribution in [3.8, 4) is 5.75 Å². The highest BCUT2D eigenvalue weighted by atomic mass is 31.1. The van der Waals surface area contributed by atoms with E-state index in [4.69, 9.17) is 4.52 Å². The first-order chi connectivity index (χ1) is 8.36. The average molecular weight is 252 g/mol. The Morgan fingerprint density at radius 2 is 1.65 bits per heavy atom. The number of hydrogen-bond donors (Lipinski definition) is 0. The van der Waals surface area contributed by atoms with Crippen molar-refractivity contribution >= 4 is 8.69 Å². The molecular formula is C14H21O2P. The summed E-state index contributed by atoms with van der Waals surface area (Å²) in [5, 5.41) is 0. The lowest BCUT2D eigenvalue weighted by Crippen LogP contribution is -1.86. The molecule has 2 nitrogen and oxygen atoms in total.